The first-order chi connectivity index (χ1) is 13.1. The maximum atomic E-state index is 14.7. The topological polar surface area (TPSA) is 0 Å². The monoisotopic (exact) mass is 408 g/mol. The Morgan fingerprint density at radius 1 is 0.429 bits per heavy atom. The van der Waals surface area contributed by atoms with Crippen LogP contribution in [0.1, 0.15) is 16.7 Å². The summed E-state index contributed by atoms with van der Waals surface area (Å²) in [6.45, 7) is 4.22. The molecule has 0 aliphatic carbocycles. The Labute approximate surface area is 162 Å². The molecule has 0 N–H and O–H groups in total. The lowest BCUT2D eigenvalue weighted by atomic mass is 10.2. The zero-order valence-corrected chi connectivity index (χ0v) is 16.5. The number of hydrogen-bond acceptors (Lipinski definition) is 0. The minimum absolute atomic E-state index is 0.0614. The van der Waals surface area contributed by atoms with Crippen LogP contribution in [0.3, 0.4) is 0 Å². The quantitative estimate of drug-likeness (QED) is 0.455. The normalized spacial score (nSPS) is 11.0. The Balaban J connectivity index is 2.38. The summed E-state index contributed by atoms with van der Waals surface area (Å²) in [6.07, 6.45) is 0. The van der Waals surface area contributed by atoms with Crippen molar-refractivity contribution < 1.29 is 26.3 Å². The summed E-state index contributed by atoms with van der Waals surface area (Å²) in [7, 11) is 0. The smallest absolute Gasteiger partial charge is 0.208 e. The van der Waals surface area contributed by atoms with E-state index in [9.17, 15) is 26.3 Å². The van der Waals surface area contributed by atoms with Gasteiger partial charge in [-0.3, -0.25) is 0 Å². The Kier molecular flexibility index (Phi) is 5.60. The first-order valence-electron chi connectivity index (χ1n) is 8.46. The lowest BCUT2D eigenvalue weighted by molar-refractivity contribution is 0.580. The van der Waals surface area contributed by atoms with Gasteiger partial charge in [-0.25, -0.2) is 26.3 Å². The third-order valence-electron chi connectivity index (χ3n) is 4.77. The zero-order chi connectivity index (χ0) is 20.7. The highest BCUT2D eigenvalue weighted by Crippen LogP contribution is 2.14. The van der Waals surface area contributed by atoms with Crippen molar-refractivity contribution >= 4 is 27.4 Å². The van der Waals surface area contributed by atoms with Gasteiger partial charge in [-0.1, -0.05) is 31.5 Å². The molecule has 0 unspecified atom stereocenters. The molecule has 0 saturated heterocycles. The molecular formula is C21H15AlF6. The van der Waals surface area contributed by atoms with Gasteiger partial charge in [-0.15, -0.1) is 0 Å². The van der Waals surface area contributed by atoms with E-state index in [0.717, 1.165) is 0 Å². The Bertz CT molecular complexity index is 941. The molecular weight excluding hydrogens is 393 g/mol. The third kappa shape index (κ3) is 3.69. The van der Waals surface area contributed by atoms with Crippen LogP contribution in [0, 0.1) is 55.7 Å². The van der Waals surface area contributed by atoms with Crippen molar-refractivity contribution in [2.75, 3.05) is 0 Å². The van der Waals surface area contributed by atoms with Crippen LogP contribution in [0.4, 0.5) is 26.3 Å². The SMILES string of the molecule is Cc1c[c]([Al]([c]2cc(C)c(F)cc2F)[c]2cc(C)c(F)cc2F)c(F)cc1F. The van der Waals surface area contributed by atoms with E-state index in [-0.39, 0.29) is 30.0 Å². The molecule has 3 rings (SSSR count). The molecule has 0 aliphatic heterocycles. The fraction of sp³-hybridized carbons (Fsp3) is 0.143. The van der Waals surface area contributed by atoms with Gasteiger partial charge in [0.25, 0.3) is 0 Å². The van der Waals surface area contributed by atoms with E-state index < -0.39 is 49.1 Å². The van der Waals surface area contributed by atoms with Crippen LogP contribution < -0.4 is 13.3 Å². The molecule has 0 saturated carbocycles. The van der Waals surface area contributed by atoms with Gasteiger partial charge in [-0.2, -0.15) is 0 Å². The molecule has 144 valence electrons. The summed E-state index contributed by atoms with van der Waals surface area (Å²) in [5.74, 6) is -5.24. The highest BCUT2D eigenvalue weighted by molar-refractivity contribution is 6.95. The Hall–Kier alpha value is -2.23. The van der Waals surface area contributed by atoms with E-state index in [4.69, 9.17) is 0 Å². The molecule has 28 heavy (non-hydrogen) atoms. The summed E-state index contributed by atoms with van der Waals surface area (Å²) in [4.78, 5) is 0. The van der Waals surface area contributed by atoms with Crippen LogP contribution in [0.5, 0.6) is 0 Å². The molecule has 0 spiro atoms. The van der Waals surface area contributed by atoms with Gasteiger partial charge in [-0.05, 0) is 37.5 Å². The molecule has 0 nitrogen and oxygen atoms in total. The molecule has 0 amide bonds. The van der Waals surface area contributed by atoms with Crippen molar-refractivity contribution in [1.29, 1.82) is 0 Å². The van der Waals surface area contributed by atoms with Crippen LogP contribution in [0.2, 0.25) is 0 Å². The van der Waals surface area contributed by atoms with Gasteiger partial charge in [0.05, 0.1) is 0 Å². The zero-order valence-electron chi connectivity index (χ0n) is 15.3. The maximum Gasteiger partial charge on any atom is 0.397 e. The average Bonchev–Trinajstić information content (AvgIpc) is 2.61. The molecule has 3 aromatic rings. The largest absolute Gasteiger partial charge is 0.397 e. The van der Waals surface area contributed by atoms with Crippen molar-refractivity contribution in [3.8, 4) is 0 Å². The lowest BCUT2D eigenvalue weighted by Crippen LogP contribution is -2.56. The molecule has 7 heteroatoms. The van der Waals surface area contributed by atoms with Gasteiger partial charge >= 0.3 is 14.1 Å². The van der Waals surface area contributed by atoms with Gasteiger partial charge < -0.3 is 0 Å². The summed E-state index contributed by atoms with van der Waals surface area (Å²) >= 11 is -3.20. The molecule has 0 heterocycles. The summed E-state index contributed by atoms with van der Waals surface area (Å²) < 4.78 is 85.1. The van der Waals surface area contributed by atoms with Crippen LogP contribution in [0.25, 0.3) is 0 Å². The molecule has 0 atom stereocenters. The van der Waals surface area contributed by atoms with E-state index in [0.29, 0.717) is 18.2 Å². The van der Waals surface area contributed by atoms with E-state index in [1.165, 1.54) is 39.0 Å². The van der Waals surface area contributed by atoms with Crippen LogP contribution >= 0.6 is 0 Å². The van der Waals surface area contributed by atoms with Crippen molar-refractivity contribution in [3.63, 3.8) is 0 Å². The van der Waals surface area contributed by atoms with Gasteiger partial charge in [0, 0.05) is 18.2 Å². The van der Waals surface area contributed by atoms with E-state index in [1.54, 1.807) is 0 Å². The molecule has 0 radical (unpaired) electrons. The fourth-order valence-corrected chi connectivity index (χ4v) is 6.54. The van der Waals surface area contributed by atoms with Gasteiger partial charge in [0.2, 0.25) is 0 Å². The molecule has 0 fully saturated rings. The Morgan fingerprint density at radius 3 is 0.929 bits per heavy atom. The van der Waals surface area contributed by atoms with Crippen LogP contribution in [-0.4, -0.2) is 14.1 Å². The number of aryl methyl sites for hydroxylation is 3. The first kappa shape index (κ1) is 20.5. The minimum atomic E-state index is -3.20. The second-order valence-electron chi connectivity index (χ2n) is 6.80. The predicted molar refractivity (Wildman–Crippen MR) is 97.9 cm³/mol. The van der Waals surface area contributed by atoms with E-state index >= 15 is 0 Å². The fourth-order valence-electron chi connectivity index (χ4n) is 3.20. The number of halogens is 6. The number of rotatable bonds is 3. The van der Waals surface area contributed by atoms with Gasteiger partial charge in [0.15, 0.2) is 0 Å². The summed E-state index contributed by atoms with van der Waals surface area (Å²) in [5.41, 5.74) is 0.312. The summed E-state index contributed by atoms with van der Waals surface area (Å²) in [5, 5.41) is 0. The maximum absolute atomic E-state index is 14.7. The average molecular weight is 408 g/mol. The molecule has 0 aromatic heterocycles. The van der Waals surface area contributed by atoms with Crippen molar-refractivity contribution in [2.45, 2.75) is 20.8 Å². The standard InChI is InChI=1S/3C7H5F2.Al/c3*1-5-2-3-6(8)4-7(5)9;/h3*2,4H,1H3;. The second kappa shape index (κ2) is 7.65. The number of hydrogen-bond donors (Lipinski definition) is 0. The van der Waals surface area contributed by atoms with Crippen molar-refractivity contribution in [2.24, 2.45) is 0 Å². The Morgan fingerprint density at radius 2 is 0.679 bits per heavy atom. The van der Waals surface area contributed by atoms with Crippen LogP contribution in [-0.2, 0) is 0 Å². The van der Waals surface area contributed by atoms with E-state index in [2.05, 4.69) is 0 Å². The van der Waals surface area contributed by atoms with Crippen molar-refractivity contribution in [3.05, 3.63) is 88.0 Å². The van der Waals surface area contributed by atoms with Crippen molar-refractivity contribution in [1.82, 2.24) is 0 Å². The number of benzene rings is 3. The summed E-state index contributed by atoms with van der Waals surface area (Å²) in [6, 6.07) is 5.60. The van der Waals surface area contributed by atoms with Gasteiger partial charge in [0.1, 0.15) is 34.9 Å². The second-order valence-corrected chi connectivity index (χ2v) is 9.53. The van der Waals surface area contributed by atoms with E-state index in [1.807, 2.05) is 0 Å². The minimum Gasteiger partial charge on any atom is -0.208 e. The highest BCUT2D eigenvalue weighted by Gasteiger charge is 2.34. The third-order valence-corrected chi connectivity index (χ3v) is 7.96. The first-order valence-corrected chi connectivity index (χ1v) is 10.2. The molecule has 0 aliphatic rings. The highest BCUT2D eigenvalue weighted by atomic mass is 27.2. The predicted octanol–water partition coefficient (Wildman–Crippen LogP) is 3.96. The molecule has 0 bridgehead atoms. The van der Waals surface area contributed by atoms with Crippen LogP contribution in [0.15, 0.2) is 36.4 Å². The molecule has 3 aromatic carbocycles. The lowest BCUT2D eigenvalue weighted by Gasteiger charge is -2.18.